The summed E-state index contributed by atoms with van der Waals surface area (Å²) in [5.41, 5.74) is 8.97. The van der Waals surface area contributed by atoms with Crippen molar-refractivity contribution in [1.29, 1.82) is 0 Å². The molecule has 0 spiro atoms. The van der Waals surface area contributed by atoms with E-state index in [9.17, 15) is 9.59 Å². The average molecular weight is 431 g/mol. The van der Waals surface area contributed by atoms with Crippen LogP contribution >= 0.6 is 0 Å². The van der Waals surface area contributed by atoms with Crippen LogP contribution < -0.4 is 16.4 Å². The van der Waals surface area contributed by atoms with E-state index in [-0.39, 0.29) is 18.3 Å². The van der Waals surface area contributed by atoms with E-state index in [0.29, 0.717) is 29.4 Å². The number of nitrogens with zero attached hydrogens (tertiary/aromatic N) is 1. The highest BCUT2D eigenvalue weighted by atomic mass is 16.6. The summed E-state index contributed by atoms with van der Waals surface area (Å²) < 4.78 is 14.9. The molecule has 31 heavy (non-hydrogen) atoms. The van der Waals surface area contributed by atoms with Crippen LogP contribution in [0.4, 0.5) is 16.2 Å². The normalized spacial score (nSPS) is 16.2. The summed E-state index contributed by atoms with van der Waals surface area (Å²) in [6.07, 6.45) is 3.12. The molecule has 2 heterocycles. The Morgan fingerprint density at radius 2 is 2.06 bits per heavy atom. The van der Waals surface area contributed by atoms with Crippen molar-refractivity contribution in [1.82, 2.24) is 9.97 Å². The van der Waals surface area contributed by atoms with Gasteiger partial charge in [-0.2, -0.15) is 0 Å². The van der Waals surface area contributed by atoms with Gasteiger partial charge in [-0.1, -0.05) is 12.8 Å². The lowest BCUT2D eigenvalue weighted by atomic mass is 10.1. The second-order valence-corrected chi connectivity index (χ2v) is 7.23. The zero-order valence-corrected chi connectivity index (χ0v) is 17.8. The highest BCUT2D eigenvalue weighted by Crippen LogP contribution is 2.34. The van der Waals surface area contributed by atoms with Crippen LogP contribution in [0.2, 0.25) is 0 Å². The molecule has 10 nitrogen and oxygen atoms in total. The Labute approximate surface area is 180 Å². The van der Waals surface area contributed by atoms with Gasteiger partial charge in [0.15, 0.2) is 5.69 Å². The molecule has 1 atom stereocenters. The van der Waals surface area contributed by atoms with Gasteiger partial charge in [-0.05, 0) is 31.0 Å². The first-order valence-electron chi connectivity index (χ1n) is 10.3. The van der Waals surface area contributed by atoms with Crippen LogP contribution in [0.5, 0.6) is 0 Å². The monoisotopic (exact) mass is 431 g/mol. The minimum atomic E-state index is -0.576. The van der Waals surface area contributed by atoms with Crippen LogP contribution in [0.3, 0.4) is 0 Å². The Morgan fingerprint density at radius 1 is 1.23 bits per heavy atom. The number of aromatic amines is 1. The highest BCUT2D eigenvalue weighted by Gasteiger charge is 2.24. The summed E-state index contributed by atoms with van der Waals surface area (Å²) in [6.45, 7) is 1.21. The SMILES string of the molecule is COCCOC(=O)Nc1ccc2c(c1)NCCCCC[C@H](N)c1nc-2c(C(=O)OC)[nH]1. The molecule has 0 radical (unpaired) electrons. The standard InChI is InChI=1S/C21H29N5O5/c1-29-10-11-31-21(28)24-13-7-8-14-16(12-13)23-9-5-3-4-6-15(22)19-25-17(14)18(26-19)20(27)30-2/h7-8,12,15,23H,3-6,9-11,22H2,1-2H3,(H,24,28)(H,25,26)/t15-/m0/s1. The van der Waals surface area contributed by atoms with Crippen LogP contribution in [0.1, 0.15) is 48.0 Å². The maximum absolute atomic E-state index is 12.4. The third kappa shape index (κ3) is 5.74. The zero-order valence-electron chi connectivity index (χ0n) is 17.8. The van der Waals surface area contributed by atoms with Crippen molar-refractivity contribution >= 4 is 23.4 Å². The number of ether oxygens (including phenoxy) is 3. The molecule has 10 heteroatoms. The quantitative estimate of drug-likeness (QED) is 0.418. The zero-order chi connectivity index (χ0) is 22.2. The maximum Gasteiger partial charge on any atom is 0.411 e. The average Bonchev–Trinajstić information content (AvgIpc) is 3.20. The maximum atomic E-state index is 12.4. The van der Waals surface area contributed by atoms with E-state index in [1.807, 2.05) is 0 Å². The first-order valence-corrected chi connectivity index (χ1v) is 10.3. The number of amides is 1. The van der Waals surface area contributed by atoms with E-state index in [1.54, 1.807) is 18.2 Å². The topological polar surface area (TPSA) is 141 Å². The Morgan fingerprint density at radius 3 is 2.84 bits per heavy atom. The van der Waals surface area contributed by atoms with Crippen molar-refractivity contribution in [3.05, 3.63) is 29.7 Å². The van der Waals surface area contributed by atoms with Gasteiger partial charge in [0.2, 0.25) is 0 Å². The van der Waals surface area contributed by atoms with Crippen molar-refractivity contribution in [2.45, 2.75) is 31.7 Å². The molecule has 1 aliphatic rings. The predicted octanol–water partition coefficient (Wildman–Crippen LogP) is 3.04. The Kier molecular flexibility index (Phi) is 7.85. The molecule has 1 aromatic heterocycles. The molecule has 3 rings (SSSR count). The van der Waals surface area contributed by atoms with E-state index >= 15 is 0 Å². The first-order chi connectivity index (χ1) is 15.0. The van der Waals surface area contributed by atoms with Crippen molar-refractivity contribution < 1.29 is 23.8 Å². The molecule has 0 saturated carbocycles. The summed E-state index contributed by atoms with van der Waals surface area (Å²) in [7, 11) is 2.86. The van der Waals surface area contributed by atoms with E-state index in [2.05, 4.69) is 20.6 Å². The van der Waals surface area contributed by atoms with Gasteiger partial charge in [0.25, 0.3) is 0 Å². The number of carbonyl (C=O) groups is 2. The largest absolute Gasteiger partial charge is 0.464 e. The molecule has 0 unspecified atom stereocenters. The Bertz CT molecular complexity index is 914. The third-order valence-corrected chi connectivity index (χ3v) is 5.01. The molecule has 2 bridgehead atoms. The van der Waals surface area contributed by atoms with Crippen LogP contribution in [0.25, 0.3) is 11.3 Å². The number of hydrogen-bond donors (Lipinski definition) is 4. The van der Waals surface area contributed by atoms with Crippen molar-refractivity contribution in [3.63, 3.8) is 0 Å². The molecule has 0 saturated heterocycles. The van der Waals surface area contributed by atoms with Crippen molar-refractivity contribution in [2.75, 3.05) is 44.6 Å². The van der Waals surface area contributed by atoms with Gasteiger partial charge in [0, 0.05) is 30.6 Å². The third-order valence-electron chi connectivity index (χ3n) is 5.01. The number of anilines is 2. The summed E-state index contributed by atoms with van der Waals surface area (Å²) >= 11 is 0. The molecule has 5 N–H and O–H groups in total. The van der Waals surface area contributed by atoms with E-state index in [0.717, 1.165) is 37.9 Å². The summed E-state index contributed by atoms with van der Waals surface area (Å²) in [5.74, 6) is 0.0246. The minimum absolute atomic E-state index is 0.157. The van der Waals surface area contributed by atoms with Gasteiger partial charge in [0.05, 0.1) is 19.8 Å². The number of benzene rings is 1. The van der Waals surface area contributed by atoms with E-state index < -0.39 is 12.1 Å². The van der Waals surface area contributed by atoms with Gasteiger partial charge in [-0.15, -0.1) is 0 Å². The number of imidazole rings is 1. The van der Waals surface area contributed by atoms with Gasteiger partial charge < -0.3 is 30.2 Å². The Hall–Kier alpha value is -3.11. The molecular formula is C21H29N5O5. The molecule has 1 aromatic carbocycles. The van der Waals surface area contributed by atoms with Crippen LogP contribution in [-0.4, -0.2) is 56.0 Å². The summed E-state index contributed by atoms with van der Waals surface area (Å²) in [6, 6.07) is 5.00. The number of carbonyl (C=O) groups excluding carboxylic acids is 2. The van der Waals surface area contributed by atoms with Crippen LogP contribution in [0.15, 0.2) is 18.2 Å². The second kappa shape index (κ2) is 10.8. The second-order valence-electron chi connectivity index (χ2n) is 7.23. The minimum Gasteiger partial charge on any atom is -0.464 e. The molecular weight excluding hydrogens is 402 g/mol. The fourth-order valence-corrected chi connectivity index (χ4v) is 3.38. The van der Waals surface area contributed by atoms with Gasteiger partial charge in [-0.25, -0.2) is 14.6 Å². The number of rotatable bonds is 5. The van der Waals surface area contributed by atoms with Crippen LogP contribution in [0, 0.1) is 0 Å². The van der Waals surface area contributed by atoms with Gasteiger partial charge in [-0.3, -0.25) is 5.32 Å². The van der Waals surface area contributed by atoms with Crippen molar-refractivity contribution in [2.24, 2.45) is 5.73 Å². The predicted molar refractivity (Wildman–Crippen MR) is 116 cm³/mol. The van der Waals surface area contributed by atoms with Crippen LogP contribution in [-0.2, 0) is 14.2 Å². The van der Waals surface area contributed by atoms with E-state index in [1.165, 1.54) is 14.2 Å². The van der Waals surface area contributed by atoms with E-state index in [4.69, 9.17) is 19.9 Å². The summed E-state index contributed by atoms with van der Waals surface area (Å²) in [4.78, 5) is 32.0. The molecule has 1 amide bonds. The molecule has 168 valence electrons. The number of fused-ring (bicyclic) bond motifs is 4. The fourth-order valence-electron chi connectivity index (χ4n) is 3.38. The number of esters is 1. The molecule has 1 aliphatic heterocycles. The number of aromatic nitrogens is 2. The fraction of sp³-hybridized carbons (Fsp3) is 0.476. The van der Waals surface area contributed by atoms with Gasteiger partial charge >= 0.3 is 12.1 Å². The lowest BCUT2D eigenvalue weighted by Crippen LogP contribution is -2.16. The first kappa shape index (κ1) is 22.6. The molecule has 0 fully saturated rings. The number of nitrogens with two attached hydrogens (primary N) is 1. The number of nitrogens with one attached hydrogen (secondary N) is 3. The lowest BCUT2D eigenvalue weighted by Gasteiger charge is -2.15. The number of hydrogen-bond acceptors (Lipinski definition) is 8. The van der Waals surface area contributed by atoms with Crippen molar-refractivity contribution in [3.8, 4) is 11.3 Å². The smallest absolute Gasteiger partial charge is 0.411 e. The lowest BCUT2D eigenvalue weighted by molar-refractivity contribution is 0.0595. The van der Waals surface area contributed by atoms with Gasteiger partial charge in [0.1, 0.15) is 18.1 Å². The highest BCUT2D eigenvalue weighted by molar-refractivity contribution is 5.97. The summed E-state index contributed by atoms with van der Waals surface area (Å²) in [5, 5.41) is 6.09. The Balaban J connectivity index is 1.96. The molecule has 2 aromatic rings. The number of methoxy groups -OCH3 is 2. The number of H-pyrrole nitrogens is 1. The molecule has 0 aliphatic carbocycles.